The lowest BCUT2D eigenvalue weighted by Crippen LogP contribution is -2.20. The first-order valence-electron chi connectivity index (χ1n) is 9.83. The lowest BCUT2D eigenvalue weighted by molar-refractivity contribution is -0.116. The molecule has 4 aromatic rings. The molecule has 2 aromatic carbocycles. The molecule has 0 aliphatic heterocycles. The molecular formula is C22H24N6O3. The first-order chi connectivity index (χ1) is 15.0. The minimum Gasteiger partial charge on any atom is -0.493 e. The van der Waals surface area contributed by atoms with Crippen molar-refractivity contribution in [3.8, 4) is 11.5 Å². The van der Waals surface area contributed by atoms with Gasteiger partial charge in [-0.15, -0.1) is 5.10 Å². The Kier molecular flexibility index (Phi) is 5.57. The molecule has 0 aliphatic carbocycles. The van der Waals surface area contributed by atoms with E-state index in [1.54, 1.807) is 18.9 Å². The second kappa shape index (κ2) is 8.47. The average Bonchev–Trinajstić information content (AvgIpc) is 3.29. The third-order valence-corrected chi connectivity index (χ3v) is 5.14. The van der Waals surface area contributed by atoms with Crippen LogP contribution in [0.2, 0.25) is 0 Å². The number of aromatic nitrogens is 5. The molecule has 0 fully saturated rings. The summed E-state index contributed by atoms with van der Waals surface area (Å²) in [5, 5.41) is 15.7. The van der Waals surface area contributed by atoms with E-state index < -0.39 is 0 Å². The predicted molar refractivity (Wildman–Crippen MR) is 117 cm³/mol. The number of carbonyl (C=O) groups is 1. The van der Waals surface area contributed by atoms with Crippen LogP contribution in [0.25, 0.3) is 11.0 Å². The van der Waals surface area contributed by atoms with Crippen LogP contribution in [0.1, 0.15) is 17.0 Å². The molecule has 2 heterocycles. The lowest BCUT2D eigenvalue weighted by atomic mass is 10.2. The van der Waals surface area contributed by atoms with Crippen LogP contribution >= 0.6 is 0 Å². The molecule has 0 bridgehead atoms. The molecule has 31 heavy (non-hydrogen) atoms. The number of carbonyl (C=O) groups excluding carboxylic acids is 1. The van der Waals surface area contributed by atoms with Crippen LogP contribution < -0.4 is 14.8 Å². The summed E-state index contributed by atoms with van der Waals surface area (Å²) in [5.74, 6) is 1.15. The summed E-state index contributed by atoms with van der Waals surface area (Å²) in [6, 6.07) is 13.3. The highest BCUT2D eigenvalue weighted by molar-refractivity contribution is 5.92. The number of amides is 1. The minimum absolute atomic E-state index is 0.0697. The number of rotatable bonds is 7. The van der Waals surface area contributed by atoms with Gasteiger partial charge in [0.15, 0.2) is 11.5 Å². The highest BCUT2D eigenvalue weighted by Crippen LogP contribution is 2.28. The molecular weight excluding hydrogens is 396 g/mol. The molecule has 9 heteroatoms. The standard InChI is InChI=1S/C22H24N6O3/c1-14-22(23-21(29)13-28-18-8-6-5-7-17(18)24-26-28)15(2)27(25-14)12-16-9-10-19(30-3)20(11-16)31-4/h5-11H,12-13H2,1-4H3,(H,23,29). The Labute approximate surface area is 179 Å². The fraction of sp³-hybridized carbons (Fsp3) is 0.273. The molecule has 0 radical (unpaired) electrons. The van der Waals surface area contributed by atoms with Crippen molar-refractivity contribution in [1.82, 2.24) is 24.8 Å². The van der Waals surface area contributed by atoms with Gasteiger partial charge in [-0.1, -0.05) is 23.4 Å². The summed E-state index contributed by atoms with van der Waals surface area (Å²) in [6.45, 7) is 4.41. The molecule has 1 amide bonds. The van der Waals surface area contributed by atoms with Crippen molar-refractivity contribution in [3.63, 3.8) is 0 Å². The maximum absolute atomic E-state index is 12.7. The van der Waals surface area contributed by atoms with Crippen LogP contribution in [0.5, 0.6) is 11.5 Å². The number of anilines is 1. The van der Waals surface area contributed by atoms with Crippen molar-refractivity contribution in [2.75, 3.05) is 19.5 Å². The topological polar surface area (TPSA) is 96.1 Å². The third-order valence-electron chi connectivity index (χ3n) is 5.14. The number of fused-ring (bicyclic) bond motifs is 1. The van der Waals surface area contributed by atoms with Gasteiger partial charge in [-0.25, -0.2) is 4.68 Å². The number of methoxy groups -OCH3 is 2. The van der Waals surface area contributed by atoms with E-state index >= 15 is 0 Å². The maximum Gasteiger partial charge on any atom is 0.246 e. The molecule has 0 saturated carbocycles. The van der Waals surface area contributed by atoms with Crippen molar-refractivity contribution in [1.29, 1.82) is 0 Å². The third kappa shape index (κ3) is 4.07. The Balaban J connectivity index is 1.51. The minimum atomic E-state index is -0.187. The summed E-state index contributed by atoms with van der Waals surface area (Å²) < 4.78 is 14.1. The zero-order valence-corrected chi connectivity index (χ0v) is 17.9. The Hall–Kier alpha value is -3.88. The van der Waals surface area contributed by atoms with Gasteiger partial charge in [-0.2, -0.15) is 5.10 Å². The van der Waals surface area contributed by atoms with Crippen LogP contribution in [0.4, 0.5) is 5.69 Å². The Bertz CT molecular complexity index is 1240. The van der Waals surface area contributed by atoms with Gasteiger partial charge in [0.2, 0.25) is 5.91 Å². The van der Waals surface area contributed by atoms with Crippen molar-refractivity contribution in [2.24, 2.45) is 0 Å². The van der Waals surface area contributed by atoms with Gasteiger partial charge in [-0.3, -0.25) is 9.48 Å². The largest absolute Gasteiger partial charge is 0.493 e. The highest BCUT2D eigenvalue weighted by atomic mass is 16.5. The van der Waals surface area contributed by atoms with E-state index in [0.29, 0.717) is 23.7 Å². The Morgan fingerprint density at radius 1 is 1.03 bits per heavy atom. The van der Waals surface area contributed by atoms with Gasteiger partial charge in [0, 0.05) is 0 Å². The molecule has 160 valence electrons. The molecule has 0 atom stereocenters. The Morgan fingerprint density at radius 2 is 1.81 bits per heavy atom. The molecule has 0 aliphatic rings. The van der Waals surface area contributed by atoms with Crippen molar-refractivity contribution in [3.05, 3.63) is 59.4 Å². The van der Waals surface area contributed by atoms with Crippen LogP contribution in [-0.2, 0) is 17.9 Å². The molecule has 1 N–H and O–H groups in total. The van der Waals surface area contributed by atoms with E-state index in [1.165, 1.54) is 0 Å². The quantitative estimate of drug-likeness (QED) is 0.494. The van der Waals surface area contributed by atoms with E-state index in [2.05, 4.69) is 20.7 Å². The van der Waals surface area contributed by atoms with Crippen LogP contribution in [0, 0.1) is 13.8 Å². The predicted octanol–water partition coefficient (Wildman–Crippen LogP) is 2.95. The number of hydrogen-bond acceptors (Lipinski definition) is 6. The summed E-state index contributed by atoms with van der Waals surface area (Å²) in [6.07, 6.45) is 0. The SMILES string of the molecule is COc1ccc(Cn2nc(C)c(NC(=O)Cn3nnc4ccccc43)c2C)cc1OC. The number of hydrogen-bond donors (Lipinski definition) is 1. The van der Waals surface area contributed by atoms with Crippen molar-refractivity contribution < 1.29 is 14.3 Å². The Morgan fingerprint density at radius 3 is 2.58 bits per heavy atom. The zero-order chi connectivity index (χ0) is 22.0. The van der Waals surface area contributed by atoms with E-state index in [9.17, 15) is 4.79 Å². The lowest BCUT2D eigenvalue weighted by Gasteiger charge is -2.11. The van der Waals surface area contributed by atoms with E-state index in [4.69, 9.17) is 9.47 Å². The van der Waals surface area contributed by atoms with E-state index in [0.717, 1.165) is 28.0 Å². The van der Waals surface area contributed by atoms with Gasteiger partial charge in [0.25, 0.3) is 0 Å². The van der Waals surface area contributed by atoms with Gasteiger partial charge in [0.1, 0.15) is 12.1 Å². The van der Waals surface area contributed by atoms with Crippen LogP contribution in [-0.4, -0.2) is 44.9 Å². The molecule has 4 rings (SSSR count). The zero-order valence-electron chi connectivity index (χ0n) is 17.9. The first kappa shape index (κ1) is 20.4. The summed E-state index contributed by atoms with van der Waals surface area (Å²) in [7, 11) is 3.21. The number of nitrogens with zero attached hydrogens (tertiary/aromatic N) is 5. The number of para-hydroxylation sites is 1. The summed E-state index contributed by atoms with van der Waals surface area (Å²) >= 11 is 0. The van der Waals surface area contributed by atoms with E-state index in [-0.39, 0.29) is 12.5 Å². The van der Waals surface area contributed by atoms with Gasteiger partial charge >= 0.3 is 0 Å². The summed E-state index contributed by atoms with van der Waals surface area (Å²) in [5.41, 5.74) is 4.89. The molecule has 0 unspecified atom stereocenters. The smallest absolute Gasteiger partial charge is 0.246 e. The van der Waals surface area contributed by atoms with Gasteiger partial charge in [-0.05, 0) is 43.7 Å². The normalized spacial score (nSPS) is 11.0. The van der Waals surface area contributed by atoms with Crippen molar-refractivity contribution >= 4 is 22.6 Å². The second-order valence-electron chi connectivity index (χ2n) is 7.18. The molecule has 0 spiro atoms. The van der Waals surface area contributed by atoms with Gasteiger partial charge < -0.3 is 14.8 Å². The first-order valence-corrected chi connectivity index (χ1v) is 9.83. The monoisotopic (exact) mass is 420 g/mol. The van der Waals surface area contributed by atoms with Crippen LogP contribution in [0.15, 0.2) is 42.5 Å². The number of benzene rings is 2. The second-order valence-corrected chi connectivity index (χ2v) is 7.18. The maximum atomic E-state index is 12.7. The average molecular weight is 420 g/mol. The summed E-state index contributed by atoms with van der Waals surface area (Å²) in [4.78, 5) is 12.7. The van der Waals surface area contributed by atoms with E-state index in [1.807, 2.05) is 61.0 Å². The van der Waals surface area contributed by atoms with Crippen molar-refractivity contribution in [2.45, 2.75) is 26.9 Å². The molecule has 0 saturated heterocycles. The number of ether oxygens (including phenoxy) is 2. The van der Waals surface area contributed by atoms with Crippen LogP contribution in [0.3, 0.4) is 0 Å². The molecule has 9 nitrogen and oxygen atoms in total. The fourth-order valence-corrected chi connectivity index (χ4v) is 3.53. The fourth-order valence-electron chi connectivity index (χ4n) is 3.53. The number of nitrogens with one attached hydrogen (secondary N) is 1. The van der Waals surface area contributed by atoms with Gasteiger partial charge in [0.05, 0.1) is 43.4 Å². The number of aryl methyl sites for hydroxylation is 1. The highest BCUT2D eigenvalue weighted by Gasteiger charge is 2.16. The molecule has 2 aromatic heterocycles.